The second kappa shape index (κ2) is 9.70. The van der Waals surface area contributed by atoms with Crippen molar-refractivity contribution in [3.63, 3.8) is 0 Å². The maximum Gasteiger partial charge on any atom is 0.407 e. The number of carboxylic acid groups (broad SMARTS) is 1. The zero-order chi connectivity index (χ0) is 24.5. The van der Waals surface area contributed by atoms with E-state index in [-0.39, 0.29) is 43.7 Å². The fourth-order valence-corrected chi connectivity index (χ4v) is 5.50. The molecule has 0 spiro atoms. The van der Waals surface area contributed by atoms with Crippen LogP contribution in [-0.2, 0) is 14.3 Å². The Hall–Kier alpha value is -3.39. The lowest BCUT2D eigenvalue weighted by atomic mass is 9.98. The Bertz CT molecular complexity index is 1080. The molecular formula is C27H30N2O6. The highest BCUT2D eigenvalue weighted by atomic mass is 16.5. The molecule has 2 aliphatic carbocycles. The van der Waals surface area contributed by atoms with Gasteiger partial charge in [-0.05, 0) is 46.9 Å². The molecule has 1 saturated heterocycles. The van der Waals surface area contributed by atoms with Crippen molar-refractivity contribution < 1.29 is 29.3 Å². The van der Waals surface area contributed by atoms with Gasteiger partial charge in [0.1, 0.15) is 12.6 Å². The molecule has 2 aromatic carbocycles. The fraction of sp³-hybridized carbons (Fsp3) is 0.444. The van der Waals surface area contributed by atoms with Crippen LogP contribution in [0.15, 0.2) is 48.5 Å². The Kier molecular flexibility index (Phi) is 6.47. The molecule has 1 saturated carbocycles. The quantitative estimate of drug-likeness (QED) is 0.537. The van der Waals surface area contributed by atoms with Gasteiger partial charge in [0, 0.05) is 31.8 Å². The standard InChI is InChI=1S/C27H30N2O6/c30-18-12-24(26(32)33)29(14-18)25(31)11-17(16-9-10-16)13-28-27(34)35-15-23-21-7-3-1-5-19(21)20-6-2-4-8-22(20)23/h1-8,16-18,23-24,30H,9-15H2,(H,28,34)(H,32,33)/t17?,18-,24-/m1/s1. The summed E-state index contributed by atoms with van der Waals surface area (Å²) in [6, 6.07) is 15.3. The molecule has 3 N–H and O–H groups in total. The average molecular weight is 479 g/mol. The summed E-state index contributed by atoms with van der Waals surface area (Å²) in [6.45, 7) is 0.549. The van der Waals surface area contributed by atoms with E-state index in [0.717, 1.165) is 35.1 Å². The SMILES string of the molecule is O=C(NCC(CC(=O)N1C[C@H](O)C[C@@H]1C(=O)O)C1CC1)OCC1c2ccccc2-c2ccccc21. The van der Waals surface area contributed by atoms with Crippen LogP contribution in [0.3, 0.4) is 0 Å². The summed E-state index contributed by atoms with van der Waals surface area (Å²) in [6.07, 6.45) is 0.811. The number of rotatable bonds is 8. The molecule has 1 unspecified atom stereocenters. The minimum atomic E-state index is -1.10. The van der Waals surface area contributed by atoms with Gasteiger partial charge in [-0.15, -0.1) is 0 Å². The Labute approximate surface area is 203 Å². The number of carbonyl (C=O) groups excluding carboxylic acids is 2. The van der Waals surface area contributed by atoms with E-state index in [1.807, 2.05) is 24.3 Å². The summed E-state index contributed by atoms with van der Waals surface area (Å²) in [5.74, 6) is -1.18. The Morgan fingerprint density at radius 2 is 1.66 bits per heavy atom. The number of likely N-dealkylation sites (tertiary alicyclic amines) is 1. The van der Waals surface area contributed by atoms with Gasteiger partial charge in [-0.3, -0.25) is 4.79 Å². The van der Waals surface area contributed by atoms with Crippen LogP contribution < -0.4 is 5.32 Å². The molecule has 5 rings (SSSR count). The van der Waals surface area contributed by atoms with Crippen LogP contribution >= 0.6 is 0 Å². The first-order valence-electron chi connectivity index (χ1n) is 12.2. The third-order valence-corrected chi connectivity index (χ3v) is 7.46. The monoisotopic (exact) mass is 478 g/mol. The highest BCUT2D eigenvalue weighted by molar-refractivity contribution is 5.84. The van der Waals surface area contributed by atoms with Crippen molar-refractivity contribution in [2.75, 3.05) is 19.7 Å². The molecule has 2 fully saturated rings. The lowest BCUT2D eigenvalue weighted by Gasteiger charge is -2.24. The number of carbonyl (C=O) groups is 3. The first-order chi connectivity index (χ1) is 16.9. The van der Waals surface area contributed by atoms with E-state index < -0.39 is 24.2 Å². The number of amides is 2. The zero-order valence-corrected chi connectivity index (χ0v) is 19.4. The molecule has 2 amide bonds. The Morgan fingerprint density at radius 1 is 1.03 bits per heavy atom. The number of aliphatic hydroxyl groups excluding tert-OH is 1. The van der Waals surface area contributed by atoms with Crippen LogP contribution in [0.5, 0.6) is 0 Å². The summed E-state index contributed by atoms with van der Waals surface area (Å²) >= 11 is 0. The molecule has 3 aliphatic rings. The fourth-order valence-electron chi connectivity index (χ4n) is 5.50. The first kappa shape index (κ1) is 23.4. The number of aliphatic carboxylic acids is 1. The lowest BCUT2D eigenvalue weighted by molar-refractivity contribution is -0.148. The third-order valence-electron chi connectivity index (χ3n) is 7.46. The minimum absolute atomic E-state index is 0.0245. The van der Waals surface area contributed by atoms with Gasteiger partial charge in [-0.2, -0.15) is 0 Å². The van der Waals surface area contributed by atoms with Crippen molar-refractivity contribution >= 4 is 18.0 Å². The van der Waals surface area contributed by atoms with E-state index >= 15 is 0 Å². The molecular weight excluding hydrogens is 448 g/mol. The number of nitrogens with zero attached hydrogens (tertiary/aromatic N) is 1. The molecule has 0 bridgehead atoms. The van der Waals surface area contributed by atoms with E-state index in [9.17, 15) is 24.6 Å². The highest BCUT2D eigenvalue weighted by Gasteiger charge is 2.41. The summed E-state index contributed by atoms with van der Waals surface area (Å²) in [5.41, 5.74) is 4.61. The normalized spacial score (nSPS) is 21.8. The van der Waals surface area contributed by atoms with Gasteiger partial charge >= 0.3 is 12.1 Å². The predicted octanol–water partition coefficient (Wildman–Crippen LogP) is 2.99. The highest BCUT2D eigenvalue weighted by Crippen LogP contribution is 2.44. The number of fused-ring (bicyclic) bond motifs is 3. The van der Waals surface area contributed by atoms with E-state index in [4.69, 9.17) is 4.74 Å². The van der Waals surface area contributed by atoms with Crippen LogP contribution in [0.2, 0.25) is 0 Å². The van der Waals surface area contributed by atoms with Crippen LogP contribution in [0, 0.1) is 11.8 Å². The molecule has 2 aromatic rings. The summed E-state index contributed by atoms with van der Waals surface area (Å²) in [7, 11) is 0. The van der Waals surface area contributed by atoms with Crippen LogP contribution in [0.1, 0.15) is 42.7 Å². The average Bonchev–Trinajstić information content (AvgIpc) is 3.55. The number of aliphatic hydroxyl groups is 1. The maximum atomic E-state index is 12.8. The van der Waals surface area contributed by atoms with Crippen LogP contribution in [-0.4, -0.2) is 64.9 Å². The summed E-state index contributed by atoms with van der Waals surface area (Å²) < 4.78 is 5.60. The number of ether oxygens (including phenoxy) is 1. The molecule has 8 heteroatoms. The first-order valence-corrected chi connectivity index (χ1v) is 12.2. The molecule has 0 aromatic heterocycles. The number of alkyl carbamates (subject to hydrolysis) is 1. The van der Waals surface area contributed by atoms with Gasteiger partial charge < -0.3 is 25.2 Å². The number of nitrogens with one attached hydrogen (secondary N) is 1. The number of hydrogen-bond acceptors (Lipinski definition) is 5. The van der Waals surface area contributed by atoms with Crippen molar-refractivity contribution in [3.05, 3.63) is 59.7 Å². The van der Waals surface area contributed by atoms with Crippen LogP contribution in [0.4, 0.5) is 4.79 Å². The van der Waals surface area contributed by atoms with Gasteiger partial charge in [0.15, 0.2) is 0 Å². The predicted molar refractivity (Wildman–Crippen MR) is 128 cm³/mol. The van der Waals surface area contributed by atoms with Crippen molar-refractivity contribution in [1.29, 1.82) is 0 Å². The minimum Gasteiger partial charge on any atom is -0.480 e. The van der Waals surface area contributed by atoms with E-state index in [1.165, 1.54) is 4.90 Å². The zero-order valence-electron chi connectivity index (χ0n) is 19.4. The molecule has 1 aliphatic heterocycles. The second-order valence-corrected chi connectivity index (χ2v) is 9.80. The van der Waals surface area contributed by atoms with E-state index in [1.54, 1.807) is 0 Å². The van der Waals surface area contributed by atoms with Gasteiger partial charge in [-0.25, -0.2) is 9.59 Å². The number of hydrogen-bond donors (Lipinski definition) is 3. The molecule has 184 valence electrons. The van der Waals surface area contributed by atoms with Gasteiger partial charge in [0.25, 0.3) is 0 Å². The molecule has 3 atom stereocenters. The second-order valence-electron chi connectivity index (χ2n) is 9.80. The summed E-state index contributed by atoms with van der Waals surface area (Å²) in [5, 5.41) is 22.0. The lowest BCUT2D eigenvalue weighted by Crippen LogP contribution is -2.42. The third kappa shape index (κ3) is 4.89. The maximum absolute atomic E-state index is 12.8. The van der Waals surface area contributed by atoms with Crippen molar-refractivity contribution in [3.8, 4) is 11.1 Å². The topological polar surface area (TPSA) is 116 Å². The van der Waals surface area contributed by atoms with Crippen LogP contribution in [0.25, 0.3) is 11.1 Å². The smallest absolute Gasteiger partial charge is 0.407 e. The Balaban J connectivity index is 1.16. The van der Waals surface area contributed by atoms with E-state index in [2.05, 4.69) is 29.6 Å². The van der Waals surface area contributed by atoms with Gasteiger partial charge in [0.05, 0.1) is 6.10 Å². The number of carboxylic acids is 1. The van der Waals surface area contributed by atoms with Gasteiger partial charge in [0.2, 0.25) is 5.91 Å². The van der Waals surface area contributed by atoms with Gasteiger partial charge in [-0.1, -0.05) is 48.5 Å². The van der Waals surface area contributed by atoms with E-state index in [0.29, 0.717) is 12.5 Å². The Morgan fingerprint density at radius 3 is 2.26 bits per heavy atom. The number of benzene rings is 2. The molecule has 1 heterocycles. The number of β-amino-alcohol motifs (C(OH)–C–C–N with tert-alkyl or cyclic N) is 1. The molecule has 35 heavy (non-hydrogen) atoms. The summed E-state index contributed by atoms with van der Waals surface area (Å²) in [4.78, 5) is 38.1. The van der Waals surface area contributed by atoms with Crippen molar-refractivity contribution in [2.45, 2.75) is 43.7 Å². The molecule has 0 radical (unpaired) electrons. The molecule has 8 nitrogen and oxygen atoms in total. The van der Waals surface area contributed by atoms with Crippen molar-refractivity contribution in [1.82, 2.24) is 10.2 Å². The largest absolute Gasteiger partial charge is 0.480 e. The van der Waals surface area contributed by atoms with Crippen molar-refractivity contribution in [2.24, 2.45) is 11.8 Å².